The van der Waals surface area contributed by atoms with Crippen LogP contribution in [-0.2, 0) is 6.54 Å². The number of rotatable bonds is 4. The van der Waals surface area contributed by atoms with Crippen molar-refractivity contribution in [2.24, 2.45) is 11.3 Å². The summed E-state index contributed by atoms with van der Waals surface area (Å²) in [5.41, 5.74) is 5.80. The van der Waals surface area contributed by atoms with E-state index in [-0.39, 0.29) is 23.2 Å². The largest absolute Gasteiger partial charge is 0.383 e. The van der Waals surface area contributed by atoms with Gasteiger partial charge in [-0.2, -0.15) is 0 Å². The van der Waals surface area contributed by atoms with Crippen LogP contribution in [0.1, 0.15) is 47.0 Å². The van der Waals surface area contributed by atoms with E-state index in [1.54, 1.807) is 0 Å². The molecule has 0 aliphatic heterocycles. The summed E-state index contributed by atoms with van der Waals surface area (Å²) in [6, 6.07) is 0.230. The predicted octanol–water partition coefficient (Wildman–Crippen LogP) is 1.77. The number of nitrogen functional groups attached to an aromatic ring is 1. The molecule has 4 N–H and O–H groups in total. The number of nitrogens with two attached hydrogens (primary N) is 1. The summed E-state index contributed by atoms with van der Waals surface area (Å²) in [6.45, 7) is 8.95. The maximum Gasteiger partial charge on any atom is 0.330 e. The van der Waals surface area contributed by atoms with Crippen LogP contribution in [0.3, 0.4) is 0 Å². The third-order valence-electron chi connectivity index (χ3n) is 4.10. The number of H-pyrrole nitrogens is 1. The molecule has 0 bridgehead atoms. The van der Waals surface area contributed by atoms with Gasteiger partial charge in [-0.1, -0.05) is 27.7 Å². The zero-order valence-electron chi connectivity index (χ0n) is 13.3. The lowest BCUT2D eigenvalue weighted by Gasteiger charge is -2.20. The number of nitrogens with one attached hydrogen (secondary N) is 2. The molecule has 1 aromatic rings. The second kappa shape index (κ2) is 5.58. The molecule has 118 valence electrons. The first-order valence-electron chi connectivity index (χ1n) is 7.59. The minimum absolute atomic E-state index is 0.230. The van der Waals surface area contributed by atoms with Crippen LogP contribution < -0.4 is 22.3 Å². The second-order valence-electron chi connectivity index (χ2n) is 7.27. The van der Waals surface area contributed by atoms with Crippen molar-refractivity contribution < 1.29 is 0 Å². The molecule has 1 aromatic heterocycles. The molecule has 1 saturated carbocycles. The third-order valence-corrected chi connectivity index (χ3v) is 4.10. The molecule has 1 aliphatic rings. The van der Waals surface area contributed by atoms with Gasteiger partial charge in [0.1, 0.15) is 11.5 Å². The highest BCUT2D eigenvalue weighted by atomic mass is 16.2. The first kappa shape index (κ1) is 15.7. The fourth-order valence-electron chi connectivity index (χ4n) is 3.04. The minimum Gasteiger partial charge on any atom is -0.383 e. The van der Waals surface area contributed by atoms with Gasteiger partial charge >= 0.3 is 5.69 Å². The van der Waals surface area contributed by atoms with Crippen LogP contribution in [0, 0.1) is 11.3 Å². The lowest BCUT2D eigenvalue weighted by atomic mass is 9.92. The highest BCUT2D eigenvalue weighted by Gasteiger charge is 2.31. The maximum atomic E-state index is 12.0. The quantitative estimate of drug-likeness (QED) is 0.789. The van der Waals surface area contributed by atoms with Crippen LogP contribution in [0.15, 0.2) is 9.59 Å². The van der Waals surface area contributed by atoms with Gasteiger partial charge < -0.3 is 11.1 Å². The van der Waals surface area contributed by atoms with E-state index in [1.165, 1.54) is 4.57 Å². The van der Waals surface area contributed by atoms with Gasteiger partial charge in [-0.05, 0) is 30.6 Å². The fourth-order valence-corrected chi connectivity index (χ4v) is 3.04. The molecule has 0 saturated heterocycles. The van der Waals surface area contributed by atoms with Gasteiger partial charge in [0.25, 0.3) is 5.56 Å². The van der Waals surface area contributed by atoms with E-state index in [9.17, 15) is 9.59 Å². The van der Waals surface area contributed by atoms with E-state index in [0.717, 1.165) is 19.3 Å². The lowest BCUT2D eigenvalue weighted by Crippen LogP contribution is -2.36. The van der Waals surface area contributed by atoms with Crippen LogP contribution in [0.2, 0.25) is 0 Å². The van der Waals surface area contributed by atoms with E-state index in [0.29, 0.717) is 12.2 Å². The Kier molecular flexibility index (Phi) is 4.16. The first-order valence-corrected chi connectivity index (χ1v) is 7.59. The normalized spacial score (nSPS) is 20.9. The Labute approximate surface area is 124 Å². The van der Waals surface area contributed by atoms with Crippen molar-refractivity contribution in [3.8, 4) is 0 Å². The number of nitrogens with zero attached hydrogens (tertiary/aromatic N) is 1. The number of anilines is 2. The number of hydrogen-bond acceptors (Lipinski definition) is 4. The predicted molar refractivity (Wildman–Crippen MR) is 85.6 cm³/mol. The van der Waals surface area contributed by atoms with Gasteiger partial charge in [0.2, 0.25) is 0 Å². The molecule has 1 aliphatic carbocycles. The summed E-state index contributed by atoms with van der Waals surface area (Å²) in [5, 5.41) is 3.25. The Bertz CT molecular complexity index is 628. The van der Waals surface area contributed by atoms with Gasteiger partial charge in [-0.15, -0.1) is 0 Å². The van der Waals surface area contributed by atoms with Crippen molar-refractivity contribution in [1.82, 2.24) is 9.55 Å². The van der Waals surface area contributed by atoms with Gasteiger partial charge in [0.15, 0.2) is 0 Å². The standard InChI is InChI=1S/C15H26N4O2/c1-9(2)8-19-12(16)11(13(20)18-14(19)21)17-10-5-6-15(3,4)7-10/h9-10,17H,5-8,16H2,1-4H3,(H,18,20,21). The van der Waals surface area contributed by atoms with Crippen LogP contribution in [0.4, 0.5) is 11.5 Å². The third kappa shape index (κ3) is 3.49. The zero-order chi connectivity index (χ0) is 15.8. The summed E-state index contributed by atoms with van der Waals surface area (Å²) >= 11 is 0. The summed E-state index contributed by atoms with van der Waals surface area (Å²) in [7, 11) is 0. The molecular weight excluding hydrogens is 268 g/mol. The average molecular weight is 294 g/mol. The molecule has 21 heavy (non-hydrogen) atoms. The Balaban J connectivity index is 2.31. The summed E-state index contributed by atoms with van der Waals surface area (Å²) in [6.07, 6.45) is 3.12. The van der Waals surface area contributed by atoms with E-state index >= 15 is 0 Å². The van der Waals surface area contributed by atoms with Crippen molar-refractivity contribution in [2.45, 2.75) is 59.5 Å². The van der Waals surface area contributed by atoms with Crippen molar-refractivity contribution >= 4 is 11.5 Å². The van der Waals surface area contributed by atoms with Crippen molar-refractivity contribution in [2.75, 3.05) is 11.1 Å². The first-order chi connectivity index (χ1) is 9.69. The molecule has 0 spiro atoms. The van der Waals surface area contributed by atoms with Gasteiger partial charge in [-0.25, -0.2) is 4.79 Å². The molecule has 0 aromatic carbocycles. The lowest BCUT2D eigenvalue weighted by molar-refractivity contribution is 0.378. The van der Waals surface area contributed by atoms with Crippen LogP contribution in [0.25, 0.3) is 0 Å². The maximum absolute atomic E-state index is 12.0. The minimum atomic E-state index is -0.441. The van der Waals surface area contributed by atoms with E-state index in [4.69, 9.17) is 5.73 Å². The Morgan fingerprint density at radius 1 is 1.43 bits per heavy atom. The number of aromatic nitrogens is 2. The fraction of sp³-hybridized carbons (Fsp3) is 0.733. The highest BCUT2D eigenvalue weighted by Crippen LogP contribution is 2.38. The van der Waals surface area contributed by atoms with E-state index < -0.39 is 11.2 Å². The average Bonchev–Trinajstić information content (AvgIpc) is 2.69. The summed E-state index contributed by atoms with van der Waals surface area (Å²) < 4.78 is 1.44. The Morgan fingerprint density at radius 2 is 2.10 bits per heavy atom. The molecule has 0 radical (unpaired) electrons. The van der Waals surface area contributed by atoms with Crippen LogP contribution in [0.5, 0.6) is 0 Å². The Morgan fingerprint density at radius 3 is 2.62 bits per heavy atom. The second-order valence-corrected chi connectivity index (χ2v) is 7.27. The number of aromatic amines is 1. The van der Waals surface area contributed by atoms with Crippen molar-refractivity contribution in [3.63, 3.8) is 0 Å². The molecule has 1 atom stereocenters. The van der Waals surface area contributed by atoms with Gasteiger partial charge in [-0.3, -0.25) is 14.3 Å². The van der Waals surface area contributed by atoms with Crippen LogP contribution in [-0.4, -0.2) is 15.6 Å². The van der Waals surface area contributed by atoms with Gasteiger partial charge in [0.05, 0.1) is 0 Å². The number of hydrogen-bond donors (Lipinski definition) is 3. The summed E-state index contributed by atoms with van der Waals surface area (Å²) in [5.74, 6) is 0.510. The smallest absolute Gasteiger partial charge is 0.330 e. The SMILES string of the molecule is CC(C)Cn1c(N)c(NC2CCC(C)(C)C2)c(=O)[nH]c1=O. The molecule has 2 rings (SSSR count). The monoisotopic (exact) mass is 294 g/mol. The molecule has 6 nitrogen and oxygen atoms in total. The molecule has 6 heteroatoms. The highest BCUT2D eigenvalue weighted by molar-refractivity contribution is 5.61. The van der Waals surface area contributed by atoms with E-state index in [2.05, 4.69) is 24.1 Å². The zero-order valence-corrected chi connectivity index (χ0v) is 13.3. The van der Waals surface area contributed by atoms with Gasteiger partial charge in [0, 0.05) is 12.6 Å². The molecule has 0 amide bonds. The van der Waals surface area contributed by atoms with Crippen LogP contribution >= 0.6 is 0 Å². The van der Waals surface area contributed by atoms with Crippen molar-refractivity contribution in [1.29, 1.82) is 0 Å². The summed E-state index contributed by atoms with van der Waals surface area (Å²) in [4.78, 5) is 26.3. The molecule has 1 fully saturated rings. The molecular formula is C15H26N4O2. The Hall–Kier alpha value is -1.72. The topological polar surface area (TPSA) is 92.9 Å². The van der Waals surface area contributed by atoms with Crippen molar-refractivity contribution in [3.05, 3.63) is 20.8 Å². The van der Waals surface area contributed by atoms with E-state index in [1.807, 2.05) is 13.8 Å². The molecule has 1 heterocycles. The molecule has 1 unspecified atom stereocenters.